The summed E-state index contributed by atoms with van der Waals surface area (Å²) in [6.07, 6.45) is 2.60. The first-order chi connectivity index (χ1) is 7.11. The Balaban J connectivity index is 2.63. The number of halogens is 3. The van der Waals surface area contributed by atoms with Gasteiger partial charge in [-0.2, -0.15) is 0 Å². The van der Waals surface area contributed by atoms with Crippen molar-refractivity contribution in [2.75, 3.05) is 0 Å². The third-order valence-electron chi connectivity index (χ3n) is 2.88. The highest BCUT2D eigenvalue weighted by Crippen LogP contribution is 2.32. The van der Waals surface area contributed by atoms with Crippen molar-refractivity contribution in [3.05, 3.63) is 34.6 Å². The number of nitrogens with two attached hydrogens (primary N) is 1. The molecule has 1 aromatic rings. The largest absolute Gasteiger partial charge is 0.324 e. The lowest BCUT2D eigenvalue weighted by atomic mass is 9.98. The van der Waals surface area contributed by atoms with Crippen molar-refractivity contribution in [2.24, 2.45) is 5.73 Å². The van der Waals surface area contributed by atoms with Crippen LogP contribution in [0.5, 0.6) is 0 Å². The van der Waals surface area contributed by atoms with E-state index in [4.69, 9.17) is 5.73 Å². The zero-order chi connectivity index (χ0) is 11.0. The van der Waals surface area contributed by atoms with E-state index in [2.05, 4.69) is 0 Å². The van der Waals surface area contributed by atoms with Crippen LogP contribution in [0.25, 0.3) is 0 Å². The molecule has 0 amide bonds. The van der Waals surface area contributed by atoms with Crippen LogP contribution in [0.3, 0.4) is 0 Å². The molecule has 1 aliphatic rings. The molecule has 82 valence electrons. The van der Waals surface area contributed by atoms with Crippen molar-refractivity contribution < 1.29 is 13.2 Å². The highest BCUT2D eigenvalue weighted by Gasteiger charge is 2.24. The van der Waals surface area contributed by atoms with Gasteiger partial charge in [0.1, 0.15) is 5.82 Å². The van der Waals surface area contributed by atoms with Gasteiger partial charge in [0.2, 0.25) is 0 Å². The first-order valence-corrected chi connectivity index (χ1v) is 5.03. The Bertz CT molecular complexity index is 390. The van der Waals surface area contributed by atoms with Crippen LogP contribution in [0, 0.1) is 17.5 Å². The summed E-state index contributed by atoms with van der Waals surface area (Å²) in [5, 5.41) is 0. The molecular weight excluding hydrogens is 203 g/mol. The van der Waals surface area contributed by atoms with E-state index in [0.29, 0.717) is 18.9 Å². The summed E-state index contributed by atoms with van der Waals surface area (Å²) in [5.41, 5.74) is 5.99. The highest BCUT2D eigenvalue weighted by atomic mass is 19.2. The van der Waals surface area contributed by atoms with E-state index in [-0.39, 0.29) is 11.1 Å². The van der Waals surface area contributed by atoms with Crippen LogP contribution in [-0.2, 0) is 6.42 Å². The maximum Gasteiger partial charge on any atom is 0.164 e. The second kappa shape index (κ2) is 3.85. The Morgan fingerprint density at radius 3 is 2.60 bits per heavy atom. The van der Waals surface area contributed by atoms with Crippen molar-refractivity contribution in [1.82, 2.24) is 0 Å². The summed E-state index contributed by atoms with van der Waals surface area (Å²) in [6, 6.07) is 0.0133. The summed E-state index contributed by atoms with van der Waals surface area (Å²) in [7, 11) is 0. The molecule has 15 heavy (non-hydrogen) atoms. The summed E-state index contributed by atoms with van der Waals surface area (Å²) in [4.78, 5) is 0. The van der Waals surface area contributed by atoms with Crippen molar-refractivity contribution >= 4 is 0 Å². The van der Waals surface area contributed by atoms with Gasteiger partial charge in [0.25, 0.3) is 0 Å². The van der Waals surface area contributed by atoms with Crippen molar-refractivity contribution in [1.29, 1.82) is 0 Å². The molecule has 0 unspecified atom stereocenters. The molecule has 1 aliphatic carbocycles. The molecule has 1 atom stereocenters. The molecule has 0 bridgehead atoms. The van der Waals surface area contributed by atoms with Gasteiger partial charge in [-0.15, -0.1) is 0 Å². The van der Waals surface area contributed by atoms with Gasteiger partial charge in [-0.3, -0.25) is 0 Å². The molecule has 0 saturated carbocycles. The highest BCUT2D eigenvalue weighted by molar-refractivity contribution is 5.34. The molecule has 4 heteroatoms. The molecule has 2 N–H and O–H groups in total. The molecule has 0 spiro atoms. The molecule has 0 aromatic heterocycles. The van der Waals surface area contributed by atoms with Gasteiger partial charge in [-0.05, 0) is 24.8 Å². The minimum absolute atomic E-state index is 0.0324. The van der Waals surface area contributed by atoms with Crippen LogP contribution in [0.1, 0.15) is 36.4 Å². The maximum atomic E-state index is 13.5. The minimum Gasteiger partial charge on any atom is -0.324 e. The zero-order valence-electron chi connectivity index (χ0n) is 8.19. The fourth-order valence-electron chi connectivity index (χ4n) is 2.10. The SMILES string of the molecule is N[C@H]1CCCCc2c(F)cc(F)c(F)c21. The number of fused-ring (bicyclic) bond motifs is 1. The molecule has 0 fully saturated rings. The van der Waals surface area contributed by atoms with Crippen LogP contribution in [0.4, 0.5) is 13.2 Å². The molecular formula is C11H12F3N. The molecule has 0 radical (unpaired) electrons. The summed E-state index contributed by atoms with van der Waals surface area (Å²) < 4.78 is 39.9. The van der Waals surface area contributed by atoms with E-state index in [1.54, 1.807) is 0 Å². The molecule has 0 aliphatic heterocycles. The van der Waals surface area contributed by atoms with Crippen LogP contribution >= 0.6 is 0 Å². The van der Waals surface area contributed by atoms with Gasteiger partial charge in [0.15, 0.2) is 11.6 Å². The topological polar surface area (TPSA) is 26.0 Å². The van der Waals surface area contributed by atoms with Gasteiger partial charge < -0.3 is 5.73 Å². The average Bonchev–Trinajstić information content (AvgIpc) is 2.37. The van der Waals surface area contributed by atoms with Crippen molar-refractivity contribution in [3.8, 4) is 0 Å². The van der Waals surface area contributed by atoms with E-state index in [1.165, 1.54) is 0 Å². The van der Waals surface area contributed by atoms with E-state index < -0.39 is 23.5 Å². The Labute approximate surface area is 86.1 Å². The van der Waals surface area contributed by atoms with Gasteiger partial charge in [0.05, 0.1) is 0 Å². The predicted molar refractivity (Wildman–Crippen MR) is 50.8 cm³/mol. The first kappa shape index (κ1) is 10.5. The molecule has 1 aromatic carbocycles. The standard InChI is InChI=1S/C11H12F3N/c12-7-5-8(13)11(14)10-6(7)3-1-2-4-9(10)15/h5,9H,1-4,15H2/t9-/m0/s1. The lowest BCUT2D eigenvalue weighted by Crippen LogP contribution is -2.15. The molecule has 1 nitrogen and oxygen atoms in total. The van der Waals surface area contributed by atoms with E-state index >= 15 is 0 Å². The number of benzene rings is 1. The van der Waals surface area contributed by atoms with Gasteiger partial charge in [0, 0.05) is 17.7 Å². The molecule has 2 rings (SSSR count). The third-order valence-corrected chi connectivity index (χ3v) is 2.88. The normalized spacial score (nSPS) is 20.9. The summed E-state index contributed by atoms with van der Waals surface area (Å²) >= 11 is 0. The minimum atomic E-state index is -1.15. The average molecular weight is 215 g/mol. The number of hydrogen-bond acceptors (Lipinski definition) is 1. The summed E-state index contributed by atoms with van der Waals surface area (Å²) in [5.74, 6) is -2.81. The van der Waals surface area contributed by atoms with Crippen molar-refractivity contribution in [2.45, 2.75) is 31.7 Å². The zero-order valence-corrected chi connectivity index (χ0v) is 8.19. The summed E-state index contributed by atoms with van der Waals surface area (Å²) in [6.45, 7) is 0. The van der Waals surface area contributed by atoms with Crippen LogP contribution in [-0.4, -0.2) is 0 Å². The monoisotopic (exact) mass is 215 g/mol. The van der Waals surface area contributed by atoms with Gasteiger partial charge in [-0.25, -0.2) is 13.2 Å². The van der Waals surface area contributed by atoms with Crippen molar-refractivity contribution in [3.63, 3.8) is 0 Å². The quantitative estimate of drug-likeness (QED) is 0.522. The maximum absolute atomic E-state index is 13.5. The lowest BCUT2D eigenvalue weighted by Gasteiger charge is -2.14. The Morgan fingerprint density at radius 2 is 1.87 bits per heavy atom. The first-order valence-electron chi connectivity index (χ1n) is 5.03. The van der Waals surface area contributed by atoms with E-state index in [0.717, 1.165) is 12.8 Å². The third kappa shape index (κ3) is 1.74. The number of hydrogen-bond donors (Lipinski definition) is 1. The van der Waals surface area contributed by atoms with Gasteiger partial charge in [-0.1, -0.05) is 6.42 Å². The van der Waals surface area contributed by atoms with Crippen LogP contribution < -0.4 is 5.73 Å². The fourth-order valence-corrected chi connectivity index (χ4v) is 2.10. The Hall–Kier alpha value is -1.03. The second-order valence-electron chi connectivity index (χ2n) is 3.90. The number of rotatable bonds is 0. The Morgan fingerprint density at radius 1 is 1.13 bits per heavy atom. The molecule has 0 heterocycles. The van der Waals surface area contributed by atoms with E-state index in [9.17, 15) is 13.2 Å². The van der Waals surface area contributed by atoms with Crippen LogP contribution in [0.2, 0.25) is 0 Å². The predicted octanol–water partition coefficient (Wildman–Crippen LogP) is 2.83. The lowest BCUT2D eigenvalue weighted by molar-refractivity contribution is 0.469. The molecule has 0 saturated heterocycles. The van der Waals surface area contributed by atoms with Crippen LogP contribution in [0.15, 0.2) is 6.07 Å². The smallest absolute Gasteiger partial charge is 0.164 e. The second-order valence-corrected chi connectivity index (χ2v) is 3.90. The fraction of sp³-hybridized carbons (Fsp3) is 0.455. The van der Waals surface area contributed by atoms with E-state index in [1.807, 2.05) is 0 Å². The van der Waals surface area contributed by atoms with Gasteiger partial charge >= 0.3 is 0 Å². The Kier molecular flexibility index (Phi) is 2.69.